The Bertz CT molecular complexity index is 1440. The van der Waals surface area contributed by atoms with Crippen molar-refractivity contribution >= 4 is 28.7 Å². The Balaban J connectivity index is 1.20. The number of rotatable bonds is 6. The third kappa shape index (κ3) is 4.67. The number of halogens is 1. The van der Waals surface area contributed by atoms with Crippen LogP contribution in [0.3, 0.4) is 0 Å². The van der Waals surface area contributed by atoms with Crippen LogP contribution in [-0.4, -0.2) is 70.6 Å². The molecule has 6 rings (SSSR count). The molecule has 1 amide bonds. The van der Waals surface area contributed by atoms with Crippen molar-refractivity contribution < 1.29 is 24.1 Å². The molecule has 2 aliphatic heterocycles. The first kappa shape index (κ1) is 23.9. The summed E-state index contributed by atoms with van der Waals surface area (Å²) in [4.78, 5) is 23.9. The van der Waals surface area contributed by atoms with Gasteiger partial charge in [-0.25, -0.2) is 4.98 Å². The number of aliphatic hydroxyl groups excluding tert-OH is 1. The standard InChI is InChI=1S/C27H25ClN4O5/c1-29-22(34)10-14-2-4-15(5-3-14)16-6-8-17(9-7-16)23-18(28)11-19-26(31-23)32-27(30-19)37-21-13-36-24-20(33)12-35-25(21)24/h2-9,11,20-21,24-25,33H,10,12-13H2,1H3,(H,29,34)(H,30,31,32)/t20-,21-,24-,25-/m1/s1. The summed E-state index contributed by atoms with van der Waals surface area (Å²) in [7, 11) is 1.63. The number of carbonyl (C=O) groups excluding carboxylic acids is 1. The van der Waals surface area contributed by atoms with Crippen LogP contribution in [0.4, 0.5) is 0 Å². The molecule has 0 saturated carbocycles. The fourth-order valence-corrected chi connectivity index (χ4v) is 5.01. The van der Waals surface area contributed by atoms with E-state index in [4.69, 9.17) is 25.8 Å². The van der Waals surface area contributed by atoms with E-state index in [0.29, 0.717) is 40.9 Å². The first-order valence-corrected chi connectivity index (χ1v) is 12.4. The monoisotopic (exact) mass is 520 g/mol. The number of aromatic amines is 1. The van der Waals surface area contributed by atoms with Gasteiger partial charge in [-0.15, -0.1) is 0 Å². The second-order valence-corrected chi connectivity index (χ2v) is 9.58. The third-order valence-corrected chi connectivity index (χ3v) is 7.03. The molecule has 0 bridgehead atoms. The molecule has 2 aliphatic rings. The lowest BCUT2D eigenvalue weighted by molar-refractivity contribution is -0.119. The number of aromatic nitrogens is 3. The molecule has 4 atom stereocenters. The molecule has 0 unspecified atom stereocenters. The number of carbonyl (C=O) groups is 1. The molecule has 0 aliphatic carbocycles. The van der Waals surface area contributed by atoms with E-state index in [9.17, 15) is 9.90 Å². The Kier molecular flexibility index (Phi) is 6.29. The van der Waals surface area contributed by atoms with Crippen molar-refractivity contribution in [3.05, 3.63) is 65.2 Å². The number of H-pyrrole nitrogens is 1. The van der Waals surface area contributed by atoms with Gasteiger partial charge >= 0.3 is 0 Å². The molecule has 4 aromatic rings. The van der Waals surface area contributed by atoms with Crippen LogP contribution >= 0.6 is 11.6 Å². The molecular formula is C27H25ClN4O5. The number of ether oxygens (including phenoxy) is 3. The summed E-state index contributed by atoms with van der Waals surface area (Å²) in [6.07, 6.45) is -1.37. The van der Waals surface area contributed by atoms with E-state index in [2.05, 4.69) is 20.3 Å². The largest absolute Gasteiger partial charge is 0.456 e. The SMILES string of the molecule is CNC(=O)Cc1ccc(-c2ccc(-c3nc4nc(O[C@@H]5CO[C@H]6[C@@H]5OC[C@H]6O)[nH]c4cc3Cl)cc2)cc1. The second kappa shape index (κ2) is 9.75. The number of amides is 1. The van der Waals surface area contributed by atoms with Crippen molar-refractivity contribution in [2.45, 2.75) is 30.8 Å². The van der Waals surface area contributed by atoms with E-state index in [1.54, 1.807) is 13.1 Å². The fourth-order valence-electron chi connectivity index (χ4n) is 4.75. The number of hydrogen-bond acceptors (Lipinski definition) is 7. The van der Waals surface area contributed by atoms with Crippen LogP contribution in [0.25, 0.3) is 33.5 Å². The molecule has 10 heteroatoms. The van der Waals surface area contributed by atoms with Gasteiger partial charge in [-0.05, 0) is 22.8 Å². The predicted octanol–water partition coefficient (Wildman–Crippen LogP) is 3.14. The Labute approximate surface area is 217 Å². The molecule has 2 saturated heterocycles. The van der Waals surface area contributed by atoms with Gasteiger partial charge in [0.25, 0.3) is 6.01 Å². The number of likely N-dealkylation sites (N-methyl/N-ethyl adjacent to an activating group) is 1. The average Bonchev–Trinajstić information content (AvgIpc) is 3.60. The van der Waals surface area contributed by atoms with Gasteiger partial charge < -0.3 is 29.6 Å². The zero-order valence-corrected chi connectivity index (χ0v) is 20.7. The minimum absolute atomic E-state index is 0.0158. The van der Waals surface area contributed by atoms with Crippen molar-refractivity contribution in [3.63, 3.8) is 0 Å². The maximum absolute atomic E-state index is 11.6. The molecular weight excluding hydrogens is 496 g/mol. The van der Waals surface area contributed by atoms with Crippen LogP contribution in [0.2, 0.25) is 5.02 Å². The number of pyridine rings is 1. The van der Waals surface area contributed by atoms with Crippen LogP contribution in [0, 0.1) is 0 Å². The highest BCUT2D eigenvalue weighted by molar-refractivity contribution is 6.33. The Morgan fingerprint density at radius 2 is 1.73 bits per heavy atom. The number of aliphatic hydroxyl groups is 1. The summed E-state index contributed by atoms with van der Waals surface area (Å²) < 4.78 is 17.2. The molecule has 2 aromatic heterocycles. The van der Waals surface area contributed by atoms with Crippen LogP contribution in [0.1, 0.15) is 5.56 Å². The minimum Gasteiger partial charge on any atom is -0.456 e. The lowest BCUT2D eigenvalue weighted by Gasteiger charge is -2.15. The molecule has 4 heterocycles. The lowest BCUT2D eigenvalue weighted by atomic mass is 10.0. The van der Waals surface area contributed by atoms with Gasteiger partial charge in [0.2, 0.25) is 5.91 Å². The summed E-state index contributed by atoms with van der Waals surface area (Å²) in [5.41, 5.74) is 5.66. The van der Waals surface area contributed by atoms with E-state index in [1.165, 1.54) is 0 Å². The molecule has 2 aromatic carbocycles. The van der Waals surface area contributed by atoms with Gasteiger partial charge in [-0.1, -0.05) is 60.1 Å². The Morgan fingerprint density at radius 1 is 1.05 bits per heavy atom. The van der Waals surface area contributed by atoms with Crippen molar-refractivity contribution in [1.82, 2.24) is 20.3 Å². The molecule has 190 valence electrons. The number of benzene rings is 2. The zero-order valence-electron chi connectivity index (χ0n) is 20.0. The molecule has 3 N–H and O–H groups in total. The minimum atomic E-state index is -0.642. The highest BCUT2D eigenvalue weighted by Gasteiger charge is 2.48. The van der Waals surface area contributed by atoms with E-state index < -0.39 is 6.10 Å². The van der Waals surface area contributed by atoms with Gasteiger partial charge in [0.05, 0.1) is 35.9 Å². The van der Waals surface area contributed by atoms with Crippen LogP contribution < -0.4 is 10.1 Å². The van der Waals surface area contributed by atoms with Gasteiger partial charge in [0.15, 0.2) is 11.8 Å². The molecule has 0 radical (unpaired) electrons. The van der Waals surface area contributed by atoms with Crippen molar-refractivity contribution in [2.24, 2.45) is 0 Å². The first-order chi connectivity index (χ1) is 18.0. The summed E-state index contributed by atoms with van der Waals surface area (Å²) in [6, 6.07) is 18.0. The van der Waals surface area contributed by atoms with Gasteiger partial charge in [-0.3, -0.25) is 4.79 Å². The summed E-state index contributed by atoms with van der Waals surface area (Å²) in [6.45, 7) is 0.545. The Hall–Kier alpha value is -3.50. The number of hydrogen-bond donors (Lipinski definition) is 3. The highest BCUT2D eigenvalue weighted by Crippen LogP contribution is 2.33. The van der Waals surface area contributed by atoms with Crippen molar-refractivity contribution in [2.75, 3.05) is 20.3 Å². The van der Waals surface area contributed by atoms with Crippen LogP contribution in [0.5, 0.6) is 6.01 Å². The van der Waals surface area contributed by atoms with Crippen molar-refractivity contribution in [1.29, 1.82) is 0 Å². The summed E-state index contributed by atoms with van der Waals surface area (Å²) in [5.74, 6) is -0.0158. The number of imidazole rings is 1. The predicted molar refractivity (Wildman–Crippen MR) is 137 cm³/mol. The fraction of sp³-hybridized carbons (Fsp3) is 0.296. The lowest BCUT2D eigenvalue weighted by Crippen LogP contribution is -2.34. The number of nitrogens with zero attached hydrogens (tertiary/aromatic N) is 2. The topological polar surface area (TPSA) is 119 Å². The van der Waals surface area contributed by atoms with Gasteiger partial charge in [0.1, 0.15) is 18.3 Å². The summed E-state index contributed by atoms with van der Waals surface area (Å²) in [5, 5.41) is 13.1. The molecule has 2 fully saturated rings. The average molecular weight is 521 g/mol. The van der Waals surface area contributed by atoms with Gasteiger partial charge in [-0.2, -0.15) is 4.98 Å². The maximum Gasteiger partial charge on any atom is 0.296 e. The maximum atomic E-state index is 11.6. The number of fused-ring (bicyclic) bond motifs is 2. The summed E-state index contributed by atoms with van der Waals surface area (Å²) >= 11 is 6.58. The zero-order chi connectivity index (χ0) is 25.5. The third-order valence-electron chi connectivity index (χ3n) is 6.74. The molecule has 9 nitrogen and oxygen atoms in total. The second-order valence-electron chi connectivity index (χ2n) is 9.18. The Morgan fingerprint density at radius 3 is 2.46 bits per heavy atom. The van der Waals surface area contributed by atoms with E-state index >= 15 is 0 Å². The van der Waals surface area contributed by atoms with E-state index in [1.807, 2.05) is 48.5 Å². The molecule has 0 spiro atoms. The normalized spacial score (nSPS) is 22.8. The van der Waals surface area contributed by atoms with Gasteiger partial charge in [0, 0.05) is 12.6 Å². The molecule has 37 heavy (non-hydrogen) atoms. The number of nitrogens with one attached hydrogen (secondary N) is 2. The van der Waals surface area contributed by atoms with Crippen molar-refractivity contribution in [3.8, 4) is 28.4 Å². The highest BCUT2D eigenvalue weighted by atomic mass is 35.5. The van der Waals surface area contributed by atoms with E-state index in [-0.39, 0.29) is 30.8 Å². The van der Waals surface area contributed by atoms with E-state index in [0.717, 1.165) is 22.3 Å². The van der Waals surface area contributed by atoms with Crippen LogP contribution in [0.15, 0.2) is 54.6 Å². The first-order valence-electron chi connectivity index (χ1n) is 12.0. The quantitative estimate of drug-likeness (QED) is 0.357. The smallest absolute Gasteiger partial charge is 0.296 e. The van der Waals surface area contributed by atoms with Crippen LogP contribution in [-0.2, 0) is 20.7 Å².